The van der Waals surface area contributed by atoms with Crippen LogP contribution < -0.4 is 10.6 Å². The van der Waals surface area contributed by atoms with Gasteiger partial charge >= 0.3 is 0 Å². The molecule has 0 saturated heterocycles. The van der Waals surface area contributed by atoms with Crippen LogP contribution in [-0.2, 0) is 14.6 Å². The highest BCUT2D eigenvalue weighted by Crippen LogP contribution is 2.20. The second-order valence-corrected chi connectivity index (χ2v) is 8.12. The molecule has 1 fully saturated rings. The SMILES string of the molecule is CCS(=O)(=O)CCNC(=NC)NCCCOC1CCCCC1. The molecular formula is C15H31N3O3S. The topological polar surface area (TPSA) is 79.8 Å². The van der Waals surface area contributed by atoms with E-state index in [0.29, 0.717) is 18.6 Å². The van der Waals surface area contributed by atoms with Crippen molar-refractivity contribution in [3.8, 4) is 0 Å². The number of hydrogen-bond donors (Lipinski definition) is 2. The first kappa shape index (κ1) is 19.2. The van der Waals surface area contributed by atoms with E-state index in [0.717, 1.165) is 19.6 Å². The summed E-state index contributed by atoms with van der Waals surface area (Å²) in [6.45, 7) is 3.58. The average Bonchev–Trinajstić information content (AvgIpc) is 2.53. The summed E-state index contributed by atoms with van der Waals surface area (Å²) < 4.78 is 28.7. The van der Waals surface area contributed by atoms with E-state index in [2.05, 4.69) is 15.6 Å². The van der Waals surface area contributed by atoms with Gasteiger partial charge in [0.15, 0.2) is 15.8 Å². The molecule has 0 atom stereocenters. The Kier molecular flexibility index (Phi) is 9.47. The van der Waals surface area contributed by atoms with Gasteiger partial charge in [0.25, 0.3) is 0 Å². The summed E-state index contributed by atoms with van der Waals surface area (Å²) in [5.41, 5.74) is 0. The van der Waals surface area contributed by atoms with E-state index < -0.39 is 9.84 Å². The van der Waals surface area contributed by atoms with Crippen molar-refractivity contribution in [2.45, 2.75) is 51.6 Å². The molecule has 0 aromatic carbocycles. The van der Waals surface area contributed by atoms with Crippen LogP contribution in [-0.4, -0.2) is 58.7 Å². The average molecular weight is 333 g/mol. The second-order valence-electron chi connectivity index (χ2n) is 5.65. The fourth-order valence-electron chi connectivity index (χ4n) is 2.45. The zero-order valence-corrected chi connectivity index (χ0v) is 14.8. The maximum Gasteiger partial charge on any atom is 0.191 e. The third-order valence-corrected chi connectivity index (χ3v) is 5.59. The minimum Gasteiger partial charge on any atom is -0.378 e. The number of sulfone groups is 1. The smallest absolute Gasteiger partial charge is 0.191 e. The predicted molar refractivity (Wildman–Crippen MR) is 91.1 cm³/mol. The molecule has 0 bridgehead atoms. The van der Waals surface area contributed by atoms with Gasteiger partial charge in [-0.05, 0) is 19.3 Å². The number of nitrogens with zero attached hydrogens (tertiary/aromatic N) is 1. The molecule has 0 aromatic rings. The Morgan fingerprint density at radius 2 is 1.86 bits per heavy atom. The van der Waals surface area contributed by atoms with Gasteiger partial charge in [-0.15, -0.1) is 0 Å². The third kappa shape index (κ3) is 8.58. The standard InChI is InChI=1S/C15H31N3O3S/c1-3-22(19,20)13-11-18-15(16-2)17-10-7-12-21-14-8-5-4-6-9-14/h14H,3-13H2,1-2H3,(H2,16,17,18). The monoisotopic (exact) mass is 333 g/mol. The summed E-state index contributed by atoms with van der Waals surface area (Å²) in [7, 11) is -1.25. The number of aliphatic imine (C=N–C) groups is 1. The highest BCUT2D eigenvalue weighted by Gasteiger charge is 2.13. The molecule has 0 unspecified atom stereocenters. The lowest BCUT2D eigenvalue weighted by Gasteiger charge is -2.22. The minimum atomic E-state index is -2.93. The number of guanidine groups is 1. The minimum absolute atomic E-state index is 0.134. The van der Waals surface area contributed by atoms with Crippen LogP contribution in [0.3, 0.4) is 0 Å². The largest absolute Gasteiger partial charge is 0.378 e. The summed E-state index contributed by atoms with van der Waals surface area (Å²) in [5, 5.41) is 6.19. The van der Waals surface area contributed by atoms with Gasteiger partial charge in [-0.1, -0.05) is 26.2 Å². The van der Waals surface area contributed by atoms with Gasteiger partial charge in [-0.25, -0.2) is 8.42 Å². The predicted octanol–water partition coefficient (Wildman–Crippen LogP) is 1.33. The summed E-state index contributed by atoms with van der Waals surface area (Å²) in [6, 6.07) is 0. The van der Waals surface area contributed by atoms with Crippen molar-refractivity contribution < 1.29 is 13.2 Å². The van der Waals surface area contributed by atoms with Gasteiger partial charge in [-0.2, -0.15) is 0 Å². The number of nitrogens with one attached hydrogen (secondary N) is 2. The van der Waals surface area contributed by atoms with Gasteiger partial charge in [-0.3, -0.25) is 4.99 Å². The van der Waals surface area contributed by atoms with Crippen LogP contribution in [0.15, 0.2) is 4.99 Å². The van der Waals surface area contributed by atoms with Gasteiger partial charge in [0, 0.05) is 32.5 Å². The first-order valence-electron chi connectivity index (χ1n) is 8.34. The summed E-state index contributed by atoms with van der Waals surface area (Å²) in [4.78, 5) is 4.08. The van der Waals surface area contributed by atoms with E-state index in [-0.39, 0.29) is 11.5 Å². The molecule has 1 rings (SSSR count). The highest BCUT2D eigenvalue weighted by atomic mass is 32.2. The van der Waals surface area contributed by atoms with Crippen molar-refractivity contribution in [2.24, 2.45) is 4.99 Å². The van der Waals surface area contributed by atoms with Crippen molar-refractivity contribution in [3.63, 3.8) is 0 Å². The van der Waals surface area contributed by atoms with Crippen LogP contribution in [0, 0.1) is 0 Å². The molecular weight excluding hydrogens is 302 g/mol. The Hall–Kier alpha value is -0.820. The van der Waals surface area contributed by atoms with Crippen LogP contribution in [0.1, 0.15) is 45.4 Å². The van der Waals surface area contributed by atoms with E-state index in [1.54, 1.807) is 14.0 Å². The quantitative estimate of drug-likeness (QED) is 0.378. The van der Waals surface area contributed by atoms with E-state index in [9.17, 15) is 8.42 Å². The van der Waals surface area contributed by atoms with Gasteiger partial charge in [0.05, 0.1) is 11.9 Å². The second kappa shape index (κ2) is 10.8. The molecule has 0 spiro atoms. The van der Waals surface area contributed by atoms with Crippen LogP contribution in [0.2, 0.25) is 0 Å². The lowest BCUT2D eigenvalue weighted by molar-refractivity contribution is 0.0277. The van der Waals surface area contributed by atoms with Crippen LogP contribution in [0.25, 0.3) is 0 Å². The third-order valence-electron chi connectivity index (χ3n) is 3.89. The molecule has 1 aliphatic rings. The molecule has 0 aliphatic heterocycles. The van der Waals surface area contributed by atoms with Gasteiger partial charge < -0.3 is 15.4 Å². The van der Waals surface area contributed by atoms with Crippen molar-refractivity contribution in [2.75, 3.05) is 38.2 Å². The summed E-state index contributed by atoms with van der Waals surface area (Å²) in [5.74, 6) is 0.956. The normalized spacial score (nSPS) is 17.5. The van der Waals surface area contributed by atoms with Crippen LogP contribution in [0.4, 0.5) is 0 Å². The lowest BCUT2D eigenvalue weighted by Crippen LogP contribution is -2.40. The Morgan fingerprint density at radius 3 is 2.50 bits per heavy atom. The molecule has 6 nitrogen and oxygen atoms in total. The van der Waals surface area contributed by atoms with Crippen LogP contribution in [0.5, 0.6) is 0 Å². The van der Waals surface area contributed by atoms with Crippen molar-refractivity contribution in [1.82, 2.24) is 10.6 Å². The Balaban J connectivity index is 2.06. The maximum atomic E-state index is 11.4. The molecule has 22 heavy (non-hydrogen) atoms. The zero-order chi connectivity index (χ0) is 16.3. The van der Waals surface area contributed by atoms with E-state index in [4.69, 9.17) is 4.74 Å². The van der Waals surface area contributed by atoms with Crippen molar-refractivity contribution >= 4 is 15.8 Å². The molecule has 0 aromatic heterocycles. The Bertz CT molecular complexity index is 418. The number of ether oxygens (including phenoxy) is 1. The zero-order valence-electron chi connectivity index (χ0n) is 13.9. The fourth-order valence-corrected chi connectivity index (χ4v) is 3.15. The van der Waals surface area contributed by atoms with E-state index >= 15 is 0 Å². The Labute approximate surface area is 135 Å². The molecule has 1 aliphatic carbocycles. The molecule has 0 amide bonds. The molecule has 0 radical (unpaired) electrons. The molecule has 0 heterocycles. The van der Waals surface area contributed by atoms with E-state index in [1.165, 1.54) is 32.1 Å². The molecule has 2 N–H and O–H groups in total. The molecule has 1 saturated carbocycles. The van der Waals surface area contributed by atoms with Crippen LogP contribution >= 0.6 is 0 Å². The number of hydrogen-bond acceptors (Lipinski definition) is 4. The summed E-state index contributed by atoms with van der Waals surface area (Å²) in [6.07, 6.45) is 7.69. The van der Waals surface area contributed by atoms with Crippen molar-refractivity contribution in [3.05, 3.63) is 0 Å². The first-order valence-corrected chi connectivity index (χ1v) is 10.2. The summed E-state index contributed by atoms with van der Waals surface area (Å²) >= 11 is 0. The molecule has 130 valence electrons. The lowest BCUT2D eigenvalue weighted by atomic mass is 9.98. The van der Waals surface area contributed by atoms with Crippen molar-refractivity contribution in [1.29, 1.82) is 0 Å². The number of rotatable bonds is 9. The first-order chi connectivity index (χ1) is 10.6. The molecule has 7 heteroatoms. The van der Waals surface area contributed by atoms with Gasteiger partial charge in [0.1, 0.15) is 0 Å². The highest BCUT2D eigenvalue weighted by molar-refractivity contribution is 7.91. The maximum absolute atomic E-state index is 11.4. The van der Waals surface area contributed by atoms with E-state index in [1.807, 2.05) is 0 Å². The van der Waals surface area contributed by atoms with Gasteiger partial charge in [0.2, 0.25) is 0 Å². The fraction of sp³-hybridized carbons (Fsp3) is 0.933. The Morgan fingerprint density at radius 1 is 1.18 bits per heavy atom.